The smallest absolute Gasteiger partial charge is 0.261 e. The molecule has 0 radical (unpaired) electrons. The molecule has 0 saturated carbocycles. The van der Waals surface area contributed by atoms with Crippen molar-refractivity contribution in [3.63, 3.8) is 0 Å². The Morgan fingerprint density at radius 3 is 2.71 bits per heavy atom. The van der Waals surface area contributed by atoms with Crippen LogP contribution in [-0.4, -0.2) is 26.8 Å². The molecular formula is C11H10N4O2. The number of nitrogens with zero attached hydrogens (tertiary/aromatic N) is 3. The van der Waals surface area contributed by atoms with Crippen molar-refractivity contribution >= 4 is 28.5 Å². The molecule has 1 amide bonds. The highest BCUT2D eigenvalue weighted by Crippen LogP contribution is 2.15. The summed E-state index contributed by atoms with van der Waals surface area (Å²) < 4.78 is 0. The van der Waals surface area contributed by atoms with E-state index in [9.17, 15) is 9.59 Å². The van der Waals surface area contributed by atoms with E-state index < -0.39 is 0 Å². The first-order valence-electron chi connectivity index (χ1n) is 4.91. The summed E-state index contributed by atoms with van der Waals surface area (Å²) in [5, 5.41) is 10.6. The summed E-state index contributed by atoms with van der Waals surface area (Å²) in [6.45, 7) is 4.73. The van der Waals surface area contributed by atoms with Crippen LogP contribution in [0.1, 0.15) is 11.7 Å². The minimum absolute atomic E-state index is 0.266. The molecule has 0 aliphatic carbocycles. The third-order valence-electron chi connectivity index (χ3n) is 2.11. The van der Waals surface area contributed by atoms with E-state index in [-0.39, 0.29) is 11.8 Å². The Morgan fingerprint density at radius 2 is 2.06 bits per heavy atom. The topological polar surface area (TPSA) is 76.9 Å². The largest absolute Gasteiger partial charge is 0.322 e. The Bertz CT molecular complexity index is 615. The van der Waals surface area contributed by atoms with Crippen LogP contribution in [0.4, 0.5) is 5.69 Å². The van der Waals surface area contributed by atoms with Gasteiger partial charge in [-0.1, -0.05) is 6.58 Å². The number of aromatic nitrogens is 3. The Balaban J connectivity index is 2.39. The van der Waals surface area contributed by atoms with Gasteiger partial charge in [0, 0.05) is 12.6 Å². The fraction of sp³-hybridized carbons (Fsp3) is 0.0909. The van der Waals surface area contributed by atoms with Gasteiger partial charge in [-0.25, -0.2) is 0 Å². The predicted octanol–water partition coefficient (Wildman–Crippen LogP) is 1.22. The standard InChI is InChI=1S/C11H10N4O2/c1-3-11(17)12-8-4-5-9-10(6-8)14-15(13-9)7(2)16/h3-6H,1H2,2H3,(H,12,17). The van der Waals surface area contributed by atoms with Crippen LogP contribution in [0.5, 0.6) is 0 Å². The molecule has 1 aromatic carbocycles. The van der Waals surface area contributed by atoms with E-state index in [1.54, 1.807) is 18.2 Å². The SMILES string of the molecule is C=CC(=O)Nc1ccc2nn(C(C)=O)nc2c1. The second-order valence-electron chi connectivity index (χ2n) is 3.41. The molecule has 0 aliphatic heterocycles. The average Bonchev–Trinajstić information content (AvgIpc) is 2.72. The van der Waals surface area contributed by atoms with Crippen molar-refractivity contribution in [3.8, 4) is 0 Å². The molecule has 1 aromatic heterocycles. The zero-order chi connectivity index (χ0) is 12.4. The fourth-order valence-electron chi connectivity index (χ4n) is 1.33. The van der Waals surface area contributed by atoms with Crippen LogP contribution in [0.3, 0.4) is 0 Å². The Labute approximate surface area is 96.9 Å². The van der Waals surface area contributed by atoms with Crippen molar-refractivity contribution in [3.05, 3.63) is 30.9 Å². The van der Waals surface area contributed by atoms with Crippen LogP contribution in [0.25, 0.3) is 11.0 Å². The second-order valence-corrected chi connectivity index (χ2v) is 3.41. The van der Waals surface area contributed by atoms with Crippen molar-refractivity contribution in [1.29, 1.82) is 0 Å². The van der Waals surface area contributed by atoms with Gasteiger partial charge in [0.2, 0.25) is 5.91 Å². The van der Waals surface area contributed by atoms with Gasteiger partial charge in [-0.3, -0.25) is 9.59 Å². The predicted molar refractivity (Wildman–Crippen MR) is 62.7 cm³/mol. The number of rotatable bonds is 2. The van der Waals surface area contributed by atoms with Crippen LogP contribution in [0.2, 0.25) is 0 Å². The van der Waals surface area contributed by atoms with Gasteiger partial charge in [-0.2, -0.15) is 0 Å². The minimum Gasteiger partial charge on any atom is -0.322 e. The molecule has 2 rings (SSSR count). The van der Waals surface area contributed by atoms with Gasteiger partial charge in [-0.05, 0) is 24.3 Å². The lowest BCUT2D eigenvalue weighted by Crippen LogP contribution is -2.08. The van der Waals surface area contributed by atoms with E-state index in [1.807, 2.05) is 0 Å². The molecule has 1 N–H and O–H groups in total. The van der Waals surface area contributed by atoms with Gasteiger partial charge in [0.05, 0.1) is 0 Å². The third-order valence-corrected chi connectivity index (χ3v) is 2.11. The molecule has 0 atom stereocenters. The molecule has 0 fully saturated rings. The summed E-state index contributed by atoms with van der Waals surface area (Å²) in [5.74, 6) is -0.568. The molecule has 0 spiro atoms. The van der Waals surface area contributed by atoms with Crippen molar-refractivity contribution in [1.82, 2.24) is 15.0 Å². The van der Waals surface area contributed by atoms with Crippen LogP contribution in [-0.2, 0) is 4.79 Å². The summed E-state index contributed by atoms with van der Waals surface area (Å²) in [7, 11) is 0. The van der Waals surface area contributed by atoms with Crippen molar-refractivity contribution in [2.24, 2.45) is 0 Å². The molecule has 0 unspecified atom stereocenters. The Kier molecular flexibility index (Phi) is 2.70. The zero-order valence-electron chi connectivity index (χ0n) is 9.17. The number of amides is 1. The first-order valence-corrected chi connectivity index (χ1v) is 4.91. The Hall–Kier alpha value is -2.50. The lowest BCUT2D eigenvalue weighted by Gasteiger charge is -1.99. The molecule has 17 heavy (non-hydrogen) atoms. The summed E-state index contributed by atoms with van der Waals surface area (Å²) in [6, 6.07) is 5.01. The van der Waals surface area contributed by atoms with Gasteiger partial charge in [0.25, 0.3) is 5.91 Å². The number of hydrogen-bond acceptors (Lipinski definition) is 4. The van der Waals surface area contributed by atoms with Gasteiger partial charge in [0.1, 0.15) is 11.0 Å². The molecular weight excluding hydrogens is 220 g/mol. The first-order chi connectivity index (χ1) is 8.10. The molecule has 1 heterocycles. The van der Waals surface area contributed by atoms with E-state index >= 15 is 0 Å². The maximum Gasteiger partial charge on any atom is 0.261 e. The van der Waals surface area contributed by atoms with Gasteiger partial charge >= 0.3 is 0 Å². The number of hydrogen-bond donors (Lipinski definition) is 1. The summed E-state index contributed by atoms with van der Waals surface area (Å²) in [5.41, 5.74) is 1.72. The molecule has 2 aromatic rings. The first kappa shape index (κ1) is 11.0. The quantitative estimate of drug-likeness (QED) is 0.787. The maximum atomic E-state index is 11.1. The minimum atomic E-state index is -0.302. The van der Waals surface area contributed by atoms with Crippen molar-refractivity contribution in [2.75, 3.05) is 5.32 Å². The number of carbonyl (C=O) groups excluding carboxylic acids is 2. The molecule has 6 nitrogen and oxygen atoms in total. The summed E-state index contributed by atoms with van der Waals surface area (Å²) >= 11 is 0. The van der Waals surface area contributed by atoms with E-state index in [4.69, 9.17) is 0 Å². The van der Waals surface area contributed by atoms with Crippen LogP contribution >= 0.6 is 0 Å². The Morgan fingerprint density at radius 1 is 1.35 bits per heavy atom. The number of nitrogens with one attached hydrogen (secondary N) is 1. The van der Waals surface area contributed by atoms with Gasteiger partial charge in [-0.15, -0.1) is 15.0 Å². The van der Waals surface area contributed by atoms with Gasteiger partial charge in [0.15, 0.2) is 0 Å². The van der Waals surface area contributed by atoms with E-state index in [0.29, 0.717) is 16.7 Å². The van der Waals surface area contributed by atoms with Crippen LogP contribution in [0, 0.1) is 0 Å². The van der Waals surface area contributed by atoms with Crippen molar-refractivity contribution in [2.45, 2.75) is 6.92 Å². The maximum absolute atomic E-state index is 11.1. The van der Waals surface area contributed by atoms with E-state index in [1.165, 1.54) is 13.0 Å². The second kappa shape index (κ2) is 4.17. The highest BCUT2D eigenvalue weighted by atomic mass is 16.2. The fourth-order valence-corrected chi connectivity index (χ4v) is 1.33. The highest BCUT2D eigenvalue weighted by molar-refractivity contribution is 5.99. The lowest BCUT2D eigenvalue weighted by molar-refractivity contribution is -0.111. The molecule has 6 heteroatoms. The number of fused-ring (bicyclic) bond motifs is 1. The zero-order valence-corrected chi connectivity index (χ0v) is 9.17. The normalized spacial score (nSPS) is 10.2. The number of benzene rings is 1. The molecule has 0 aliphatic rings. The third kappa shape index (κ3) is 2.20. The lowest BCUT2D eigenvalue weighted by atomic mass is 10.3. The number of carbonyl (C=O) groups is 2. The molecule has 0 bridgehead atoms. The number of anilines is 1. The van der Waals surface area contributed by atoms with E-state index in [2.05, 4.69) is 22.1 Å². The van der Waals surface area contributed by atoms with Crippen molar-refractivity contribution < 1.29 is 9.59 Å². The van der Waals surface area contributed by atoms with Crippen LogP contribution in [0.15, 0.2) is 30.9 Å². The van der Waals surface area contributed by atoms with E-state index in [0.717, 1.165) is 4.80 Å². The summed E-state index contributed by atoms with van der Waals surface area (Å²) in [4.78, 5) is 23.2. The van der Waals surface area contributed by atoms with Crippen LogP contribution < -0.4 is 5.32 Å². The monoisotopic (exact) mass is 230 g/mol. The van der Waals surface area contributed by atoms with Gasteiger partial charge < -0.3 is 5.32 Å². The summed E-state index contributed by atoms with van der Waals surface area (Å²) in [6.07, 6.45) is 1.18. The molecule has 0 saturated heterocycles. The molecule has 86 valence electrons. The average molecular weight is 230 g/mol. The highest BCUT2D eigenvalue weighted by Gasteiger charge is 2.06.